The molecular weight excluding hydrogens is 397 g/mol. The highest BCUT2D eigenvalue weighted by Crippen LogP contribution is 2.23. The fourth-order valence-corrected chi connectivity index (χ4v) is 1.99. The van der Waals surface area contributed by atoms with Crippen LogP contribution in [0.4, 0.5) is 0 Å². The Kier molecular flexibility index (Phi) is 15.1. The first-order valence-corrected chi connectivity index (χ1v) is 7.14. The number of carbonyl (C=O) groups is 1. The minimum absolute atomic E-state index is 0. The molecule has 5 N–H and O–H groups in total. The molecule has 22 heavy (non-hydrogen) atoms. The average Bonchev–Trinajstić information content (AvgIpc) is 2.41. The maximum absolute atomic E-state index is 10.8. The van der Waals surface area contributed by atoms with Crippen LogP contribution in [0.25, 0.3) is 0 Å². The Morgan fingerprint density at radius 1 is 1.23 bits per heavy atom. The molecule has 0 fully saturated rings. The van der Waals surface area contributed by atoms with Crippen LogP contribution in [0.1, 0.15) is 5.56 Å². The zero-order chi connectivity index (χ0) is 14.8. The van der Waals surface area contributed by atoms with E-state index in [-0.39, 0.29) is 38.0 Å². The molecule has 0 spiro atoms. The van der Waals surface area contributed by atoms with Crippen molar-refractivity contribution in [2.45, 2.75) is 6.54 Å². The molecule has 0 aromatic heterocycles. The molecule has 0 radical (unpaired) electrons. The molecule has 0 aliphatic heterocycles. The molecule has 0 unspecified atom stereocenters. The van der Waals surface area contributed by atoms with Gasteiger partial charge in [0.25, 0.3) is 5.91 Å². The summed E-state index contributed by atoms with van der Waals surface area (Å²) in [5.41, 5.74) is 6.02. The summed E-state index contributed by atoms with van der Waals surface area (Å²) < 4.78 is 6.31. The van der Waals surface area contributed by atoms with Gasteiger partial charge in [0.15, 0.2) is 6.61 Å². The van der Waals surface area contributed by atoms with Gasteiger partial charge in [-0.15, -0.1) is 24.8 Å². The molecule has 0 atom stereocenters. The number of carbonyl (C=O) groups excluding carboxylic acids is 1. The number of rotatable bonds is 10. The van der Waals surface area contributed by atoms with E-state index in [9.17, 15) is 4.79 Å². The maximum Gasteiger partial charge on any atom is 0.255 e. The standard InChI is InChI=1S/C13H20BrN3O3.2ClH/c14-11-1-2-12(20-9-13(15)19)10(7-11)8-17-4-3-16-5-6-18;;/h1-2,7,16-18H,3-6,8-9H2,(H2,15,19);2*1H. The molecule has 1 aromatic carbocycles. The molecule has 9 heteroatoms. The Morgan fingerprint density at radius 2 is 1.91 bits per heavy atom. The first-order chi connectivity index (χ1) is 9.63. The number of hydrogen-bond donors (Lipinski definition) is 4. The number of aliphatic hydroxyl groups is 1. The van der Waals surface area contributed by atoms with Crippen LogP contribution in [0, 0.1) is 0 Å². The summed E-state index contributed by atoms with van der Waals surface area (Å²) in [4.78, 5) is 10.8. The third kappa shape index (κ3) is 10.2. The number of halogens is 3. The van der Waals surface area contributed by atoms with E-state index in [1.165, 1.54) is 0 Å². The Balaban J connectivity index is 0. The first-order valence-electron chi connectivity index (χ1n) is 6.35. The van der Waals surface area contributed by atoms with E-state index in [1.807, 2.05) is 12.1 Å². The Morgan fingerprint density at radius 3 is 2.55 bits per heavy atom. The van der Waals surface area contributed by atoms with Crippen molar-refractivity contribution in [2.75, 3.05) is 32.8 Å². The quantitative estimate of drug-likeness (QED) is 0.422. The summed E-state index contributed by atoms with van der Waals surface area (Å²) >= 11 is 3.40. The number of nitrogens with one attached hydrogen (secondary N) is 2. The number of benzene rings is 1. The predicted octanol–water partition coefficient (Wildman–Crippen LogP) is 0.828. The van der Waals surface area contributed by atoms with Crippen molar-refractivity contribution < 1.29 is 14.6 Å². The Labute approximate surface area is 151 Å². The van der Waals surface area contributed by atoms with Crippen LogP contribution in [0.3, 0.4) is 0 Å². The highest BCUT2D eigenvalue weighted by atomic mass is 79.9. The summed E-state index contributed by atoms with van der Waals surface area (Å²) in [6, 6.07) is 5.58. The lowest BCUT2D eigenvalue weighted by atomic mass is 10.2. The van der Waals surface area contributed by atoms with Crippen molar-refractivity contribution >= 4 is 46.7 Å². The van der Waals surface area contributed by atoms with Gasteiger partial charge in [-0.25, -0.2) is 0 Å². The number of hydrogen-bond acceptors (Lipinski definition) is 5. The largest absolute Gasteiger partial charge is 0.483 e. The second kappa shape index (κ2) is 14.0. The van der Waals surface area contributed by atoms with Gasteiger partial charge in [0, 0.05) is 36.2 Å². The maximum atomic E-state index is 10.8. The second-order valence-electron chi connectivity index (χ2n) is 4.16. The fourth-order valence-electron chi connectivity index (χ4n) is 1.58. The van der Waals surface area contributed by atoms with Gasteiger partial charge in [-0.3, -0.25) is 4.79 Å². The van der Waals surface area contributed by atoms with Gasteiger partial charge in [0.2, 0.25) is 0 Å². The Hall–Kier alpha value is -0.570. The first kappa shape index (κ1) is 23.7. The van der Waals surface area contributed by atoms with E-state index in [0.29, 0.717) is 18.8 Å². The van der Waals surface area contributed by atoms with Crippen LogP contribution < -0.4 is 21.1 Å². The molecule has 0 aliphatic rings. The van der Waals surface area contributed by atoms with Gasteiger partial charge in [0.1, 0.15) is 5.75 Å². The molecule has 0 aliphatic carbocycles. The smallest absolute Gasteiger partial charge is 0.255 e. The SMILES string of the molecule is Cl.Cl.NC(=O)COc1ccc(Br)cc1CNCCNCCO. The van der Waals surface area contributed by atoms with E-state index in [4.69, 9.17) is 15.6 Å². The number of amides is 1. The highest BCUT2D eigenvalue weighted by molar-refractivity contribution is 9.10. The van der Waals surface area contributed by atoms with E-state index >= 15 is 0 Å². The normalized spacial score (nSPS) is 9.55. The number of aliphatic hydroxyl groups excluding tert-OH is 1. The minimum Gasteiger partial charge on any atom is -0.483 e. The molecule has 0 heterocycles. The highest BCUT2D eigenvalue weighted by Gasteiger charge is 2.06. The number of ether oxygens (including phenoxy) is 1. The fraction of sp³-hybridized carbons (Fsp3) is 0.462. The third-order valence-electron chi connectivity index (χ3n) is 2.48. The number of primary amides is 1. The molecular formula is C13H22BrCl2N3O3. The molecule has 1 amide bonds. The summed E-state index contributed by atoms with van der Waals surface area (Å²) in [6.07, 6.45) is 0. The molecule has 0 bridgehead atoms. The summed E-state index contributed by atoms with van der Waals surface area (Å²) in [5.74, 6) is 0.142. The Bertz CT molecular complexity index is 439. The molecule has 1 rings (SSSR count). The lowest BCUT2D eigenvalue weighted by Crippen LogP contribution is -2.29. The summed E-state index contributed by atoms with van der Waals surface area (Å²) in [7, 11) is 0. The zero-order valence-electron chi connectivity index (χ0n) is 12.0. The van der Waals surface area contributed by atoms with Crippen molar-refractivity contribution in [1.29, 1.82) is 0 Å². The molecule has 6 nitrogen and oxygen atoms in total. The van der Waals surface area contributed by atoms with E-state index in [1.54, 1.807) is 6.07 Å². The van der Waals surface area contributed by atoms with E-state index in [2.05, 4.69) is 26.6 Å². The summed E-state index contributed by atoms with van der Waals surface area (Å²) in [6.45, 7) is 2.75. The van der Waals surface area contributed by atoms with Gasteiger partial charge in [-0.2, -0.15) is 0 Å². The van der Waals surface area contributed by atoms with Crippen molar-refractivity contribution in [1.82, 2.24) is 10.6 Å². The van der Waals surface area contributed by atoms with Gasteiger partial charge in [-0.1, -0.05) is 15.9 Å². The van der Waals surface area contributed by atoms with Crippen LogP contribution in [-0.4, -0.2) is 43.9 Å². The van der Waals surface area contributed by atoms with Crippen molar-refractivity contribution in [3.63, 3.8) is 0 Å². The van der Waals surface area contributed by atoms with Gasteiger partial charge in [-0.05, 0) is 18.2 Å². The van der Waals surface area contributed by atoms with Gasteiger partial charge in [0.05, 0.1) is 6.61 Å². The molecule has 0 saturated heterocycles. The van der Waals surface area contributed by atoms with Crippen molar-refractivity contribution in [2.24, 2.45) is 5.73 Å². The van der Waals surface area contributed by atoms with Crippen LogP contribution >= 0.6 is 40.7 Å². The lowest BCUT2D eigenvalue weighted by Gasteiger charge is -2.12. The average molecular weight is 419 g/mol. The predicted molar refractivity (Wildman–Crippen MR) is 95.0 cm³/mol. The number of nitrogens with two attached hydrogens (primary N) is 1. The molecule has 128 valence electrons. The lowest BCUT2D eigenvalue weighted by molar-refractivity contribution is -0.119. The van der Waals surface area contributed by atoms with E-state index in [0.717, 1.165) is 23.1 Å². The van der Waals surface area contributed by atoms with Crippen molar-refractivity contribution in [3.05, 3.63) is 28.2 Å². The van der Waals surface area contributed by atoms with Crippen LogP contribution in [-0.2, 0) is 11.3 Å². The van der Waals surface area contributed by atoms with Gasteiger partial charge >= 0.3 is 0 Å². The minimum atomic E-state index is -0.500. The molecule has 0 saturated carbocycles. The molecule has 1 aromatic rings. The second-order valence-corrected chi connectivity index (χ2v) is 5.07. The van der Waals surface area contributed by atoms with Crippen molar-refractivity contribution in [3.8, 4) is 5.75 Å². The third-order valence-corrected chi connectivity index (χ3v) is 2.97. The summed E-state index contributed by atoms with van der Waals surface area (Å²) in [5, 5.41) is 15.0. The topological polar surface area (TPSA) is 96.6 Å². The zero-order valence-corrected chi connectivity index (χ0v) is 15.2. The van der Waals surface area contributed by atoms with Gasteiger partial charge < -0.3 is 26.2 Å². The van der Waals surface area contributed by atoms with Crippen LogP contribution in [0.15, 0.2) is 22.7 Å². The van der Waals surface area contributed by atoms with E-state index < -0.39 is 5.91 Å². The van der Waals surface area contributed by atoms with Crippen LogP contribution in [0.5, 0.6) is 5.75 Å². The monoisotopic (exact) mass is 417 g/mol. The van der Waals surface area contributed by atoms with Crippen LogP contribution in [0.2, 0.25) is 0 Å².